The van der Waals surface area contributed by atoms with Crippen LogP contribution in [-0.2, 0) is 10.0 Å². The van der Waals surface area contributed by atoms with Crippen molar-refractivity contribution in [1.29, 1.82) is 5.26 Å². The van der Waals surface area contributed by atoms with E-state index < -0.39 is 10.0 Å². The van der Waals surface area contributed by atoms with Crippen LogP contribution in [0.25, 0.3) is 0 Å². The summed E-state index contributed by atoms with van der Waals surface area (Å²) < 4.78 is 30.9. The molecule has 17 heavy (non-hydrogen) atoms. The standard InChI is InChI=1S/C10H11BrN2O3S/c1-3-17(14,15)13-9-5-10(16-2)8(11)4-7(9)6-12/h4-5,13H,3H2,1-2H3. The van der Waals surface area contributed by atoms with Gasteiger partial charge in [-0.3, -0.25) is 4.72 Å². The maximum Gasteiger partial charge on any atom is 0.232 e. The van der Waals surface area contributed by atoms with E-state index in [0.717, 1.165) is 0 Å². The Morgan fingerprint density at radius 2 is 2.18 bits per heavy atom. The van der Waals surface area contributed by atoms with E-state index in [4.69, 9.17) is 10.00 Å². The zero-order valence-electron chi connectivity index (χ0n) is 9.32. The summed E-state index contributed by atoms with van der Waals surface area (Å²) in [4.78, 5) is 0. The molecular weight excluding hydrogens is 308 g/mol. The zero-order valence-corrected chi connectivity index (χ0v) is 11.7. The van der Waals surface area contributed by atoms with Gasteiger partial charge in [0.15, 0.2) is 0 Å². The van der Waals surface area contributed by atoms with Crippen molar-refractivity contribution in [2.45, 2.75) is 6.92 Å². The Bertz CT molecular complexity index is 564. The van der Waals surface area contributed by atoms with Crippen LogP contribution in [0.3, 0.4) is 0 Å². The van der Waals surface area contributed by atoms with Gasteiger partial charge < -0.3 is 4.74 Å². The molecule has 1 N–H and O–H groups in total. The Labute approximate surface area is 109 Å². The summed E-state index contributed by atoms with van der Waals surface area (Å²) in [6.45, 7) is 1.52. The molecule has 0 unspecified atom stereocenters. The highest BCUT2D eigenvalue weighted by atomic mass is 79.9. The molecule has 0 radical (unpaired) electrons. The van der Waals surface area contributed by atoms with Crippen molar-refractivity contribution in [3.63, 3.8) is 0 Å². The van der Waals surface area contributed by atoms with Gasteiger partial charge >= 0.3 is 0 Å². The fourth-order valence-corrected chi connectivity index (χ4v) is 2.28. The number of nitrogens with zero attached hydrogens (tertiary/aromatic N) is 1. The molecule has 0 aliphatic carbocycles. The van der Waals surface area contributed by atoms with E-state index in [9.17, 15) is 8.42 Å². The van der Waals surface area contributed by atoms with E-state index in [2.05, 4.69) is 20.7 Å². The topological polar surface area (TPSA) is 79.2 Å². The van der Waals surface area contributed by atoms with Crippen LogP contribution in [0.4, 0.5) is 5.69 Å². The molecule has 0 saturated carbocycles. The van der Waals surface area contributed by atoms with Gasteiger partial charge in [0.25, 0.3) is 0 Å². The third kappa shape index (κ3) is 3.35. The Morgan fingerprint density at radius 1 is 1.53 bits per heavy atom. The molecule has 0 fully saturated rings. The predicted octanol–water partition coefficient (Wildman–Crippen LogP) is 2.09. The molecule has 0 heterocycles. The lowest BCUT2D eigenvalue weighted by Gasteiger charge is -2.11. The van der Waals surface area contributed by atoms with E-state index in [1.165, 1.54) is 26.2 Å². The molecule has 7 heteroatoms. The summed E-state index contributed by atoms with van der Waals surface area (Å²) in [5.41, 5.74) is 0.448. The number of halogens is 1. The van der Waals surface area contributed by atoms with Gasteiger partial charge in [0.2, 0.25) is 10.0 Å². The number of nitriles is 1. The normalized spacial score (nSPS) is 10.7. The highest BCUT2D eigenvalue weighted by Crippen LogP contribution is 2.31. The van der Waals surface area contributed by atoms with Gasteiger partial charge in [-0.25, -0.2) is 8.42 Å². The minimum Gasteiger partial charge on any atom is -0.495 e. The van der Waals surface area contributed by atoms with Crippen molar-refractivity contribution in [3.8, 4) is 11.8 Å². The molecule has 5 nitrogen and oxygen atoms in total. The van der Waals surface area contributed by atoms with Crippen molar-refractivity contribution >= 4 is 31.6 Å². The van der Waals surface area contributed by atoms with Gasteiger partial charge in [0.1, 0.15) is 11.8 Å². The van der Waals surface area contributed by atoms with Crippen LogP contribution in [-0.4, -0.2) is 21.3 Å². The summed E-state index contributed by atoms with van der Waals surface area (Å²) in [6, 6.07) is 4.90. The molecule has 0 spiro atoms. The van der Waals surface area contributed by atoms with Crippen LogP contribution in [0.15, 0.2) is 16.6 Å². The summed E-state index contributed by atoms with van der Waals surface area (Å²) in [5.74, 6) is 0.397. The van der Waals surface area contributed by atoms with E-state index in [0.29, 0.717) is 10.2 Å². The monoisotopic (exact) mass is 318 g/mol. The molecule has 1 aromatic carbocycles. The molecule has 0 amide bonds. The van der Waals surface area contributed by atoms with E-state index >= 15 is 0 Å². The number of nitrogens with one attached hydrogen (secondary N) is 1. The van der Waals surface area contributed by atoms with Crippen molar-refractivity contribution in [3.05, 3.63) is 22.2 Å². The molecule has 0 saturated heterocycles. The predicted molar refractivity (Wildman–Crippen MR) is 68.5 cm³/mol. The van der Waals surface area contributed by atoms with Crippen LogP contribution in [0, 0.1) is 11.3 Å². The number of hydrogen-bond donors (Lipinski definition) is 1. The minimum atomic E-state index is -3.41. The van der Waals surface area contributed by atoms with Crippen molar-refractivity contribution in [2.75, 3.05) is 17.6 Å². The third-order valence-corrected chi connectivity index (χ3v) is 3.97. The fourth-order valence-electron chi connectivity index (χ4n) is 1.13. The van der Waals surface area contributed by atoms with Crippen molar-refractivity contribution in [2.24, 2.45) is 0 Å². The number of methoxy groups -OCH3 is 1. The van der Waals surface area contributed by atoms with E-state index in [1.54, 1.807) is 0 Å². The lowest BCUT2D eigenvalue weighted by atomic mass is 10.2. The van der Waals surface area contributed by atoms with Gasteiger partial charge in [-0.05, 0) is 28.9 Å². The number of sulfonamides is 1. The molecule has 0 aliphatic rings. The molecular formula is C10H11BrN2O3S. The van der Waals surface area contributed by atoms with Crippen LogP contribution < -0.4 is 9.46 Å². The summed E-state index contributed by atoms with van der Waals surface area (Å²) in [5, 5.41) is 8.93. The van der Waals surface area contributed by atoms with Crippen LogP contribution in [0.1, 0.15) is 12.5 Å². The Balaban J connectivity index is 3.28. The molecule has 0 aliphatic heterocycles. The average molecular weight is 319 g/mol. The lowest BCUT2D eigenvalue weighted by molar-refractivity contribution is 0.412. The summed E-state index contributed by atoms with van der Waals surface area (Å²) >= 11 is 3.23. The minimum absolute atomic E-state index is 0.0593. The molecule has 0 atom stereocenters. The number of anilines is 1. The third-order valence-electron chi connectivity index (χ3n) is 2.06. The Kier molecular flexibility index (Phi) is 4.37. The smallest absolute Gasteiger partial charge is 0.232 e. The Morgan fingerprint density at radius 3 is 2.65 bits per heavy atom. The number of benzene rings is 1. The second-order valence-electron chi connectivity index (χ2n) is 3.15. The van der Waals surface area contributed by atoms with Crippen LogP contribution >= 0.6 is 15.9 Å². The van der Waals surface area contributed by atoms with Crippen molar-refractivity contribution < 1.29 is 13.2 Å². The first-order chi connectivity index (χ1) is 7.93. The first-order valence-electron chi connectivity index (χ1n) is 4.71. The highest BCUT2D eigenvalue weighted by Gasteiger charge is 2.13. The maximum absolute atomic E-state index is 11.4. The van der Waals surface area contributed by atoms with Gasteiger partial charge in [-0.1, -0.05) is 0 Å². The molecule has 92 valence electrons. The van der Waals surface area contributed by atoms with Gasteiger partial charge in [-0.2, -0.15) is 5.26 Å². The number of ether oxygens (including phenoxy) is 1. The first-order valence-corrected chi connectivity index (χ1v) is 7.16. The SMILES string of the molecule is CCS(=O)(=O)Nc1cc(OC)c(Br)cc1C#N. The van der Waals surface area contributed by atoms with Crippen molar-refractivity contribution in [1.82, 2.24) is 0 Å². The largest absolute Gasteiger partial charge is 0.495 e. The van der Waals surface area contributed by atoms with Crippen LogP contribution in [0.2, 0.25) is 0 Å². The maximum atomic E-state index is 11.4. The van der Waals surface area contributed by atoms with E-state index in [-0.39, 0.29) is 17.0 Å². The van der Waals surface area contributed by atoms with Crippen LogP contribution in [0.5, 0.6) is 5.75 Å². The van der Waals surface area contributed by atoms with Gasteiger partial charge in [0, 0.05) is 6.07 Å². The second kappa shape index (κ2) is 5.38. The van der Waals surface area contributed by atoms with Gasteiger partial charge in [-0.15, -0.1) is 0 Å². The lowest BCUT2D eigenvalue weighted by Crippen LogP contribution is -2.15. The summed E-state index contributed by atoms with van der Waals surface area (Å²) in [6.07, 6.45) is 0. The zero-order chi connectivity index (χ0) is 13.1. The van der Waals surface area contributed by atoms with E-state index in [1.807, 2.05) is 6.07 Å². The molecule has 0 bridgehead atoms. The quantitative estimate of drug-likeness (QED) is 0.921. The fraction of sp³-hybridized carbons (Fsp3) is 0.300. The first kappa shape index (κ1) is 13.8. The molecule has 1 aromatic rings. The second-order valence-corrected chi connectivity index (χ2v) is 6.01. The molecule has 1 rings (SSSR count). The molecule has 0 aromatic heterocycles. The summed E-state index contributed by atoms with van der Waals surface area (Å²) in [7, 11) is -1.95. The number of rotatable bonds is 4. The Hall–Kier alpha value is -1.26. The van der Waals surface area contributed by atoms with Gasteiger partial charge in [0.05, 0.1) is 28.6 Å². The highest BCUT2D eigenvalue weighted by molar-refractivity contribution is 9.10. The number of hydrogen-bond acceptors (Lipinski definition) is 4. The average Bonchev–Trinajstić information content (AvgIpc) is 2.30.